The number of aromatic nitrogens is 1. The molecule has 1 heterocycles. The zero-order valence-electron chi connectivity index (χ0n) is 11.5. The molecule has 4 nitrogen and oxygen atoms in total. The summed E-state index contributed by atoms with van der Waals surface area (Å²) in [5.41, 5.74) is -0.0687. The average Bonchev–Trinajstić information content (AvgIpc) is 2.71. The number of amides is 1. The van der Waals surface area contributed by atoms with Gasteiger partial charge in [-0.1, -0.05) is 20.3 Å². The minimum atomic E-state index is -0.859. The van der Waals surface area contributed by atoms with Gasteiger partial charge in [0.2, 0.25) is 5.91 Å². The van der Waals surface area contributed by atoms with Gasteiger partial charge in [0, 0.05) is 11.9 Å². The van der Waals surface area contributed by atoms with E-state index in [1.54, 1.807) is 6.92 Å². The fraction of sp³-hybridized carbons (Fsp3) is 0.692. The highest BCUT2D eigenvalue weighted by Gasteiger charge is 2.27. The van der Waals surface area contributed by atoms with Crippen LogP contribution >= 0.6 is 11.3 Å². The summed E-state index contributed by atoms with van der Waals surface area (Å²) < 4.78 is 0. The summed E-state index contributed by atoms with van der Waals surface area (Å²) in [7, 11) is 0. The summed E-state index contributed by atoms with van der Waals surface area (Å²) in [6.07, 6.45) is 1.16. The Labute approximate surface area is 112 Å². The Bertz CT molecular complexity index is 401. The monoisotopic (exact) mass is 270 g/mol. The van der Waals surface area contributed by atoms with Crippen LogP contribution in [-0.2, 0) is 11.2 Å². The Morgan fingerprint density at radius 3 is 2.83 bits per heavy atom. The number of aryl methyl sites for hydroxylation is 1. The van der Waals surface area contributed by atoms with Crippen LogP contribution in [0.4, 0.5) is 0 Å². The highest BCUT2D eigenvalue weighted by molar-refractivity contribution is 7.09. The topological polar surface area (TPSA) is 62.2 Å². The number of rotatable bonds is 6. The molecule has 2 unspecified atom stereocenters. The first-order valence-corrected chi connectivity index (χ1v) is 7.13. The Kier molecular flexibility index (Phi) is 5.28. The lowest BCUT2D eigenvalue weighted by atomic mass is 9.88. The second kappa shape index (κ2) is 6.29. The molecule has 2 atom stereocenters. The molecule has 0 aromatic carbocycles. The Morgan fingerprint density at radius 1 is 1.67 bits per heavy atom. The molecule has 0 aliphatic heterocycles. The van der Waals surface area contributed by atoms with E-state index in [1.165, 1.54) is 11.3 Å². The first-order chi connectivity index (χ1) is 8.35. The largest absolute Gasteiger partial charge is 0.388 e. The van der Waals surface area contributed by atoms with Gasteiger partial charge in [-0.3, -0.25) is 4.79 Å². The molecule has 2 N–H and O–H groups in total. The zero-order chi connectivity index (χ0) is 13.8. The molecule has 0 spiro atoms. The van der Waals surface area contributed by atoms with Gasteiger partial charge in [-0.05, 0) is 19.8 Å². The molecule has 1 rings (SSSR count). The van der Waals surface area contributed by atoms with E-state index in [0.29, 0.717) is 0 Å². The van der Waals surface area contributed by atoms with Crippen LogP contribution in [0, 0.1) is 12.8 Å². The number of hydrogen-bond acceptors (Lipinski definition) is 4. The summed E-state index contributed by atoms with van der Waals surface area (Å²) in [6, 6.07) is 0. The van der Waals surface area contributed by atoms with Gasteiger partial charge in [-0.15, -0.1) is 11.3 Å². The summed E-state index contributed by atoms with van der Waals surface area (Å²) >= 11 is 1.54. The molecule has 0 saturated heterocycles. The number of thiazole rings is 1. The van der Waals surface area contributed by atoms with Crippen molar-refractivity contribution < 1.29 is 9.90 Å². The molecule has 1 aromatic heterocycles. The maximum absolute atomic E-state index is 11.7. The normalized spacial score (nSPS) is 16.1. The van der Waals surface area contributed by atoms with Gasteiger partial charge < -0.3 is 10.4 Å². The van der Waals surface area contributed by atoms with Crippen molar-refractivity contribution in [3.8, 4) is 0 Å². The van der Waals surface area contributed by atoms with Crippen molar-refractivity contribution in [1.82, 2.24) is 10.3 Å². The van der Waals surface area contributed by atoms with E-state index < -0.39 is 5.60 Å². The number of hydrogen-bond donors (Lipinski definition) is 2. The number of nitrogens with one attached hydrogen (secondary N) is 1. The van der Waals surface area contributed by atoms with Crippen LogP contribution in [0.15, 0.2) is 5.38 Å². The summed E-state index contributed by atoms with van der Waals surface area (Å²) in [5, 5.41) is 15.8. The molecular formula is C13H22N2O2S. The fourth-order valence-electron chi connectivity index (χ4n) is 1.61. The predicted molar refractivity (Wildman–Crippen MR) is 73.6 cm³/mol. The van der Waals surface area contributed by atoms with E-state index in [4.69, 9.17) is 0 Å². The first-order valence-electron chi connectivity index (χ1n) is 6.25. The van der Waals surface area contributed by atoms with Gasteiger partial charge in [0.05, 0.1) is 22.7 Å². The van der Waals surface area contributed by atoms with Crippen LogP contribution in [0.1, 0.15) is 37.9 Å². The molecule has 18 heavy (non-hydrogen) atoms. The molecular weight excluding hydrogens is 248 g/mol. The van der Waals surface area contributed by atoms with Crippen molar-refractivity contribution >= 4 is 17.2 Å². The number of nitrogens with zero attached hydrogens (tertiary/aromatic N) is 1. The van der Waals surface area contributed by atoms with Crippen LogP contribution in [0.5, 0.6) is 0 Å². The summed E-state index contributed by atoms with van der Waals surface area (Å²) in [6.45, 7) is 7.97. The SMILES string of the molecule is CCC(C)C(C)(O)CNC(=O)Cc1csc(C)n1. The predicted octanol–water partition coefficient (Wildman–Crippen LogP) is 1.91. The van der Waals surface area contributed by atoms with Crippen LogP contribution < -0.4 is 5.32 Å². The highest BCUT2D eigenvalue weighted by Crippen LogP contribution is 2.18. The van der Waals surface area contributed by atoms with E-state index in [9.17, 15) is 9.90 Å². The van der Waals surface area contributed by atoms with Crippen molar-refractivity contribution in [3.05, 3.63) is 16.1 Å². The molecule has 0 fully saturated rings. The van der Waals surface area contributed by atoms with Gasteiger partial charge >= 0.3 is 0 Å². The fourth-order valence-corrected chi connectivity index (χ4v) is 2.22. The standard InChI is InChI=1S/C13H22N2O2S/c1-5-9(2)13(4,17)8-14-12(16)6-11-7-18-10(3)15-11/h7,9,17H,5-6,8H2,1-4H3,(H,14,16). The minimum absolute atomic E-state index is 0.0936. The van der Waals surface area contributed by atoms with E-state index in [-0.39, 0.29) is 24.8 Å². The second-order valence-corrected chi connectivity index (χ2v) is 6.04. The summed E-state index contributed by atoms with van der Waals surface area (Å²) in [5.74, 6) is 0.0585. The quantitative estimate of drug-likeness (QED) is 0.830. The third-order valence-electron chi connectivity index (χ3n) is 3.33. The van der Waals surface area contributed by atoms with Crippen LogP contribution in [0.25, 0.3) is 0 Å². The molecule has 102 valence electrons. The lowest BCUT2D eigenvalue weighted by molar-refractivity contribution is -0.122. The molecule has 0 saturated carbocycles. The van der Waals surface area contributed by atoms with E-state index in [0.717, 1.165) is 17.1 Å². The lowest BCUT2D eigenvalue weighted by Crippen LogP contribution is -2.45. The highest BCUT2D eigenvalue weighted by atomic mass is 32.1. The Morgan fingerprint density at radius 2 is 2.33 bits per heavy atom. The average molecular weight is 270 g/mol. The molecule has 0 aliphatic rings. The zero-order valence-corrected chi connectivity index (χ0v) is 12.3. The third kappa shape index (κ3) is 4.38. The molecule has 0 bridgehead atoms. The van der Waals surface area contributed by atoms with Crippen molar-refractivity contribution in [2.24, 2.45) is 5.92 Å². The van der Waals surface area contributed by atoms with Crippen LogP contribution in [0.2, 0.25) is 0 Å². The Hall–Kier alpha value is -0.940. The summed E-state index contributed by atoms with van der Waals surface area (Å²) in [4.78, 5) is 16.0. The molecule has 5 heteroatoms. The molecule has 0 aliphatic carbocycles. The van der Waals surface area contributed by atoms with Gasteiger partial charge in [-0.2, -0.15) is 0 Å². The Balaban J connectivity index is 2.42. The van der Waals surface area contributed by atoms with Crippen molar-refractivity contribution in [1.29, 1.82) is 0 Å². The first kappa shape index (κ1) is 15.1. The van der Waals surface area contributed by atoms with Gasteiger partial charge in [-0.25, -0.2) is 4.98 Å². The van der Waals surface area contributed by atoms with Gasteiger partial charge in [0.15, 0.2) is 0 Å². The van der Waals surface area contributed by atoms with Gasteiger partial charge in [0.1, 0.15) is 0 Å². The smallest absolute Gasteiger partial charge is 0.226 e. The number of carbonyl (C=O) groups excluding carboxylic acids is 1. The molecule has 1 aromatic rings. The second-order valence-electron chi connectivity index (χ2n) is 4.98. The third-order valence-corrected chi connectivity index (χ3v) is 4.15. The van der Waals surface area contributed by atoms with Crippen LogP contribution in [0.3, 0.4) is 0 Å². The van der Waals surface area contributed by atoms with Crippen LogP contribution in [-0.4, -0.2) is 28.1 Å². The molecule has 0 radical (unpaired) electrons. The number of aliphatic hydroxyl groups is 1. The minimum Gasteiger partial charge on any atom is -0.388 e. The number of carbonyl (C=O) groups is 1. The lowest BCUT2D eigenvalue weighted by Gasteiger charge is -2.29. The van der Waals surface area contributed by atoms with Crippen molar-refractivity contribution in [2.45, 2.75) is 46.1 Å². The maximum Gasteiger partial charge on any atom is 0.226 e. The van der Waals surface area contributed by atoms with Crippen molar-refractivity contribution in [2.75, 3.05) is 6.54 Å². The maximum atomic E-state index is 11.7. The molecule has 1 amide bonds. The van der Waals surface area contributed by atoms with Gasteiger partial charge in [0.25, 0.3) is 0 Å². The van der Waals surface area contributed by atoms with E-state index in [2.05, 4.69) is 10.3 Å². The van der Waals surface area contributed by atoms with Crippen molar-refractivity contribution in [3.63, 3.8) is 0 Å². The van der Waals surface area contributed by atoms with E-state index >= 15 is 0 Å². The van der Waals surface area contributed by atoms with E-state index in [1.807, 2.05) is 26.2 Å².